The van der Waals surface area contributed by atoms with E-state index in [4.69, 9.17) is 16.3 Å². The van der Waals surface area contributed by atoms with E-state index in [0.717, 1.165) is 13.0 Å². The summed E-state index contributed by atoms with van der Waals surface area (Å²) >= 11 is 6.02. The third kappa shape index (κ3) is 4.65. The van der Waals surface area contributed by atoms with Crippen LogP contribution in [0.3, 0.4) is 0 Å². The second-order valence-corrected chi connectivity index (χ2v) is 6.16. The van der Waals surface area contributed by atoms with Crippen LogP contribution in [0.25, 0.3) is 0 Å². The molecule has 0 aliphatic heterocycles. The van der Waals surface area contributed by atoms with Crippen LogP contribution in [-0.2, 0) is 6.54 Å². The van der Waals surface area contributed by atoms with E-state index in [1.165, 1.54) is 13.4 Å². The van der Waals surface area contributed by atoms with Gasteiger partial charge in [-0.05, 0) is 24.6 Å². The number of hydrogen-bond acceptors (Lipinski definition) is 8. The molecule has 28 heavy (non-hydrogen) atoms. The molecule has 10 nitrogen and oxygen atoms in total. The molecular formula is C17H18ClN7O3. The summed E-state index contributed by atoms with van der Waals surface area (Å²) in [5.74, 6) is 0.652. The molecular weight excluding hydrogens is 386 g/mol. The van der Waals surface area contributed by atoms with Crippen LogP contribution in [0.5, 0.6) is 5.75 Å². The molecule has 3 rings (SSSR count). The Balaban J connectivity index is 1.77. The number of imidazole rings is 1. The minimum absolute atomic E-state index is 0.0395. The summed E-state index contributed by atoms with van der Waals surface area (Å²) in [6, 6.07) is 4.92. The summed E-state index contributed by atoms with van der Waals surface area (Å²) in [6.45, 7) is 1.23. The molecule has 2 N–H and O–H groups in total. The Labute approximate surface area is 165 Å². The molecule has 0 amide bonds. The van der Waals surface area contributed by atoms with Crippen molar-refractivity contribution in [1.82, 2.24) is 19.5 Å². The number of nitrogens with zero attached hydrogens (tertiary/aromatic N) is 5. The molecule has 1 aromatic carbocycles. The van der Waals surface area contributed by atoms with Gasteiger partial charge in [0, 0.05) is 30.5 Å². The van der Waals surface area contributed by atoms with Crippen molar-refractivity contribution in [3.63, 3.8) is 0 Å². The summed E-state index contributed by atoms with van der Waals surface area (Å²) in [4.78, 5) is 23.1. The number of nitro groups is 1. The van der Waals surface area contributed by atoms with Crippen molar-refractivity contribution >= 4 is 34.6 Å². The number of aryl methyl sites for hydroxylation is 1. The second kappa shape index (κ2) is 9.00. The van der Waals surface area contributed by atoms with Gasteiger partial charge < -0.3 is 19.9 Å². The van der Waals surface area contributed by atoms with Crippen LogP contribution in [0.4, 0.5) is 23.0 Å². The summed E-state index contributed by atoms with van der Waals surface area (Å²) in [6.07, 6.45) is 7.26. The zero-order chi connectivity index (χ0) is 19.9. The summed E-state index contributed by atoms with van der Waals surface area (Å²) < 4.78 is 7.19. The Kier molecular flexibility index (Phi) is 6.22. The van der Waals surface area contributed by atoms with Crippen LogP contribution in [0, 0.1) is 10.1 Å². The van der Waals surface area contributed by atoms with Crippen LogP contribution < -0.4 is 15.4 Å². The zero-order valence-corrected chi connectivity index (χ0v) is 15.8. The summed E-state index contributed by atoms with van der Waals surface area (Å²) in [5, 5.41) is 18.0. The van der Waals surface area contributed by atoms with Gasteiger partial charge in [0.05, 0.1) is 24.0 Å². The molecule has 0 aliphatic carbocycles. The minimum atomic E-state index is -0.530. The van der Waals surface area contributed by atoms with Crippen molar-refractivity contribution in [2.75, 3.05) is 24.3 Å². The van der Waals surface area contributed by atoms with Crippen LogP contribution in [0.15, 0.2) is 43.2 Å². The van der Waals surface area contributed by atoms with E-state index < -0.39 is 4.92 Å². The molecule has 0 saturated carbocycles. The molecule has 0 saturated heterocycles. The number of benzene rings is 1. The van der Waals surface area contributed by atoms with Crippen LogP contribution in [0.1, 0.15) is 6.42 Å². The van der Waals surface area contributed by atoms with Crippen LogP contribution in [0.2, 0.25) is 5.02 Å². The number of aromatic nitrogens is 4. The molecule has 0 atom stereocenters. The maximum Gasteiger partial charge on any atom is 0.353 e. The number of halogens is 1. The molecule has 0 aliphatic rings. The van der Waals surface area contributed by atoms with Crippen molar-refractivity contribution in [3.05, 3.63) is 58.4 Å². The van der Waals surface area contributed by atoms with Crippen molar-refractivity contribution < 1.29 is 9.66 Å². The van der Waals surface area contributed by atoms with Crippen molar-refractivity contribution in [1.29, 1.82) is 0 Å². The topological polar surface area (TPSA) is 120 Å². The van der Waals surface area contributed by atoms with Gasteiger partial charge in [-0.15, -0.1) is 0 Å². The SMILES string of the molecule is COc1ccc(Cl)cc1Nc1ncnc(NCCCn2ccnc2)c1[N+](=O)[O-]. The average Bonchev–Trinajstić information content (AvgIpc) is 3.19. The van der Waals surface area contributed by atoms with Gasteiger partial charge >= 0.3 is 5.69 Å². The summed E-state index contributed by atoms with van der Waals surface area (Å²) in [5.41, 5.74) is 0.204. The van der Waals surface area contributed by atoms with Crippen LogP contribution >= 0.6 is 11.6 Å². The van der Waals surface area contributed by atoms with Crippen molar-refractivity contribution in [2.45, 2.75) is 13.0 Å². The fourth-order valence-electron chi connectivity index (χ4n) is 2.57. The Morgan fingerprint density at radius 2 is 2.14 bits per heavy atom. The maximum atomic E-state index is 11.6. The van der Waals surface area contributed by atoms with E-state index in [9.17, 15) is 10.1 Å². The lowest BCUT2D eigenvalue weighted by Crippen LogP contribution is -2.11. The van der Waals surface area contributed by atoms with Gasteiger partial charge in [0.1, 0.15) is 12.1 Å². The second-order valence-electron chi connectivity index (χ2n) is 5.73. The average molecular weight is 404 g/mol. The fraction of sp³-hybridized carbons (Fsp3) is 0.235. The molecule has 0 radical (unpaired) electrons. The van der Waals surface area contributed by atoms with Gasteiger partial charge in [0.2, 0.25) is 11.6 Å². The van der Waals surface area contributed by atoms with E-state index in [-0.39, 0.29) is 17.3 Å². The molecule has 2 aromatic heterocycles. The van der Waals surface area contributed by atoms with Crippen molar-refractivity contribution in [2.24, 2.45) is 0 Å². The normalized spacial score (nSPS) is 10.5. The Hall–Kier alpha value is -3.40. The molecule has 2 heterocycles. The highest BCUT2D eigenvalue weighted by Crippen LogP contribution is 2.35. The Morgan fingerprint density at radius 3 is 2.86 bits per heavy atom. The molecule has 11 heteroatoms. The van der Waals surface area contributed by atoms with Gasteiger partial charge in [-0.25, -0.2) is 15.0 Å². The monoisotopic (exact) mass is 403 g/mol. The first-order valence-electron chi connectivity index (χ1n) is 8.38. The first-order valence-corrected chi connectivity index (χ1v) is 8.76. The number of rotatable bonds is 9. The van der Waals surface area contributed by atoms with Gasteiger partial charge in [-0.1, -0.05) is 11.6 Å². The van der Waals surface area contributed by atoms with Gasteiger partial charge in [-0.2, -0.15) is 0 Å². The minimum Gasteiger partial charge on any atom is -0.495 e. The number of methoxy groups -OCH3 is 1. The first-order chi connectivity index (χ1) is 13.6. The largest absolute Gasteiger partial charge is 0.495 e. The quantitative estimate of drug-likeness (QED) is 0.316. The van der Waals surface area contributed by atoms with E-state index in [1.54, 1.807) is 30.7 Å². The molecule has 0 bridgehead atoms. The molecule has 0 fully saturated rings. The lowest BCUT2D eigenvalue weighted by molar-refractivity contribution is -0.383. The summed E-state index contributed by atoms with van der Waals surface area (Å²) in [7, 11) is 1.50. The van der Waals surface area contributed by atoms with E-state index in [0.29, 0.717) is 23.0 Å². The molecule has 0 unspecified atom stereocenters. The third-order valence-electron chi connectivity index (χ3n) is 3.86. The van der Waals surface area contributed by atoms with E-state index >= 15 is 0 Å². The van der Waals surface area contributed by atoms with Crippen molar-refractivity contribution in [3.8, 4) is 5.75 Å². The lowest BCUT2D eigenvalue weighted by Gasteiger charge is -2.12. The number of ether oxygens (including phenoxy) is 1. The van der Waals surface area contributed by atoms with Gasteiger partial charge in [0.25, 0.3) is 0 Å². The van der Waals surface area contributed by atoms with Crippen LogP contribution in [-0.4, -0.2) is 38.1 Å². The first kappa shape index (κ1) is 19.4. The highest BCUT2D eigenvalue weighted by atomic mass is 35.5. The maximum absolute atomic E-state index is 11.6. The Bertz CT molecular complexity index is 950. The smallest absolute Gasteiger partial charge is 0.353 e. The number of anilines is 3. The molecule has 3 aromatic rings. The van der Waals surface area contributed by atoms with Gasteiger partial charge in [0.15, 0.2) is 0 Å². The zero-order valence-electron chi connectivity index (χ0n) is 15.0. The number of hydrogen-bond donors (Lipinski definition) is 2. The highest BCUT2D eigenvalue weighted by molar-refractivity contribution is 6.31. The number of nitrogens with one attached hydrogen (secondary N) is 2. The standard InChI is InChI=1S/C17H18ClN7O3/c1-28-14-4-3-12(18)9-13(14)23-17-15(25(26)27)16(21-10-22-17)20-5-2-7-24-8-6-19-11-24/h3-4,6,8-11H,2,5,7H2,1H3,(H2,20,21,22,23). The van der Waals surface area contributed by atoms with E-state index in [2.05, 4.69) is 25.6 Å². The third-order valence-corrected chi connectivity index (χ3v) is 4.10. The predicted molar refractivity (Wildman–Crippen MR) is 105 cm³/mol. The molecule has 0 spiro atoms. The Morgan fingerprint density at radius 1 is 1.32 bits per heavy atom. The predicted octanol–water partition coefficient (Wildman–Crippen LogP) is 3.49. The van der Waals surface area contributed by atoms with E-state index in [1.807, 2.05) is 10.8 Å². The highest BCUT2D eigenvalue weighted by Gasteiger charge is 2.23. The fourth-order valence-corrected chi connectivity index (χ4v) is 2.74. The lowest BCUT2D eigenvalue weighted by atomic mass is 10.3. The van der Waals surface area contributed by atoms with Gasteiger partial charge in [-0.3, -0.25) is 10.1 Å². The molecule has 146 valence electrons.